The molecule has 1 rings (SSSR count). The number of alkyl halides is 3. The maximum absolute atomic E-state index is 12.6. The smallest absolute Gasteiger partial charge is 0.373 e. The van der Waals surface area contributed by atoms with Crippen LogP contribution in [-0.4, -0.2) is 56.1 Å². The molecule has 0 aromatic carbocycles. The van der Waals surface area contributed by atoms with Crippen LogP contribution in [0.2, 0.25) is 0 Å². The normalized spacial score (nSPS) is 12.5. The van der Waals surface area contributed by atoms with Crippen molar-refractivity contribution >= 4 is 21.7 Å². The molecule has 0 aliphatic rings. The zero-order valence-electron chi connectivity index (χ0n) is 11.7. The summed E-state index contributed by atoms with van der Waals surface area (Å²) < 4.78 is 62.0. The Morgan fingerprint density at radius 3 is 2.29 bits per heavy atom. The van der Waals surface area contributed by atoms with Crippen LogP contribution in [0.5, 0.6) is 0 Å². The quantitative estimate of drug-likeness (QED) is 0.805. The van der Waals surface area contributed by atoms with Crippen molar-refractivity contribution < 1.29 is 21.6 Å². The lowest BCUT2D eigenvalue weighted by molar-refractivity contribution is -0.144. The number of sulfonamides is 1. The molecule has 0 amide bonds. The molecule has 0 bridgehead atoms. The number of rotatable bonds is 6. The molecule has 120 valence electrons. The molecule has 0 saturated carbocycles. The minimum Gasteiger partial charge on any atom is -0.373 e. The SMILES string of the molecule is CNc1cc(NCCS(=O)(=O)N(C)C)nc(C(F)(F)F)n1. The summed E-state index contributed by atoms with van der Waals surface area (Å²) in [6.07, 6.45) is -4.68. The summed E-state index contributed by atoms with van der Waals surface area (Å²) in [5.41, 5.74) is 0. The highest BCUT2D eigenvalue weighted by molar-refractivity contribution is 7.89. The summed E-state index contributed by atoms with van der Waals surface area (Å²) in [7, 11) is 0.738. The van der Waals surface area contributed by atoms with Gasteiger partial charge in [-0.25, -0.2) is 22.7 Å². The van der Waals surface area contributed by atoms with Crippen LogP contribution in [0.4, 0.5) is 24.8 Å². The summed E-state index contributed by atoms with van der Waals surface area (Å²) in [5, 5.41) is 5.03. The van der Waals surface area contributed by atoms with Crippen molar-refractivity contribution in [1.82, 2.24) is 14.3 Å². The number of hydrogen-bond donors (Lipinski definition) is 2. The summed E-state index contributed by atoms with van der Waals surface area (Å²) in [6.45, 7) is -0.0715. The van der Waals surface area contributed by atoms with Crippen LogP contribution >= 0.6 is 0 Å². The number of aromatic nitrogens is 2. The van der Waals surface area contributed by atoms with E-state index < -0.39 is 22.0 Å². The monoisotopic (exact) mass is 327 g/mol. The third kappa shape index (κ3) is 5.01. The highest BCUT2D eigenvalue weighted by Gasteiger charge is 2.35. The summed E-state index contributed by atoms with van der Waals surface area (Å²) in [5.74, 6) is -1.68. The Bertz CT molecular complexity index is 589. The maximum Gasteiger partial charge on any atom is 0.451 e. The van der Waals surface area contributed by atoms with Crippen LogP contribution in [0.3, 0.4) is 0 Å². The minimum absolute atomic E-state index is 0.0182. The largest absolute Gasteiger partial charge is 0.451 e. The zero-order valence-corrected chi connectivity index (χ0v) is 12.5. The molecular weight excluding hydrogens is 311 g/mol. The number of hydrogen-bond acceptors (Lipinski definition) is 6. The van der Waals surface area contributed by atoms with E-state index in [2.05, 4.69) is 20.6 Å². The van der Waals surface area contributed by atoms with Gasteiger partial charge in [-0.2, -0.15) is 13.2 Å². The Balaban J connectivity index is 2.85. The van der Waals surface area contributed by atoms with Crippen LogP contribution in [-0.2, 0) is 16.2 Å². The summed E-state index contributed by atoms with van der Waals surface area (Å²) in [4.78, 5) is 6.62. The number of halogens is 3. The van der Waals surface area contributed by atoms with E-state index in [0.717, 1.165) is 4.31 Å². The summed E-state index contributed by atoms with van der Waals surface area (Å²) in [6, 6.07) is 1.26. The molecule has 1 aromatic heterocycles. The second-order valence-corrected chi connectivity index (χ2v) is 6.54. The molecule has 0 unspecified atom stereocenters. The van der Waals surface area contributed by atoms with Crippen LogP contribution in [0.15, 0.2) is 6.07 Å². The van der Waals surface area contributed by atoms with Gasteiger partial charge >= 0.3 is 6.18 Å². The van der Waals surface area contributed by atoms with Gasteiger partial charge in [-0.15, -0.1) is 0 Å². The van der Waals surface area contributed by atoms with E-state index in [1.165, 1.54) is 27.2 Å². The fraction of sp³-hybridized carbons (Fsp3) is 0.600. The van der Waals surface area contributed by atoms with E-state index in [4.69, 9.17) is 0 Å². The van der Waals surface area contributed by atoms with Crippen molar-refractivity contribution in [1.29, 1.82) is 0 Å². The molecule has 0 saturated heterocycles. The highest BCUT2D eigenvalue weighted by atomic mass is 32.2. The van der Waals surface area contributed by atoms with Gasteiger partial charge in [-0.05, 0) is 0 Å². The molecule has 0 radical (unpaired) electrons. The molecule has 21 heavy (non-hydrogen) atoms. The third-order valence-corrected chi connectivity index (χ3v) is 4.29. The Kier molecular flexibility index (Phi) is 5.34. The van der Waals surface area contributed by atoms with Gasteiger partial charge in [0.2, 0.25) is 15.8 Å². The fourth-order valence-electron chi connectivity index (χ4n) is 1.28. The molecular formula is C10H16F3N5O2S. The predicted molar refractivity (Wildman–Crippen MR) is 72.5 cm³/mol. The Morgan fingerprint density at radius 2 is 1.81 bits per heavy atom. The molecule has 0 aliphatic carbocycles. The van der Waals surface area contributed by atoms with Gasteiger partial charge in [0, 0.05) is 33.8 Å². The van der Waals surface area contributed by atoms with Gasteiger partial charge in [0.15, 0.2) is 0 Å². The zero-order chi connectivity index (χ0) is 16.3. The van der Waals surface area contributed by atoms with Crippen molar-refractivity contribution in [2.75, 3.05) is 44.1 Å². The average molecular weight is 327 g/mol. The van der Waals surface area contributed by atoms with Crippen LogP contribution in [0, 0.1) is 0 Å². The molecule has 2 N–H and O–H groups in total. The second kappa shape index (κ2) is 6.43. The van der Waals surface area contributed by atoms with Crippen molar-refractivity contribution in [2.45, 2.75) is 6.18 Å². The Labute approximate surface area is 120 Å². The summed E-state index contributed by atoms with van der Waals surface area (Å²) >= 11 is 0. The van der Waals surface area contributed by atoms with Gasteiger partial charge in [-0.1, -0.05) is 0 Å². The standard InChI is InChI=1S/C10H16F3N5O2S/c1-14-7-6-8(17-9(16-7)10(11,12)13)15-4-5-21(19,20)18(2)3/h6H,4-5H2,1-3H3,(H2,14,15,16,17). The fourth-order valence-corrected chi connectivity index (χ4v) is 2.01. The first-order chi connectivity index (χ1) is 9.56. The molecule has 1 heterocycles. The second-order valence-electron chi connectivity index (χ2n) is 4.23. The molecule has 0 atom stereocenters. The van der Waals surface area contributed by atoms with E-state index in [9.17, 15) is 21.6 Å². The molecule has 11 heteroatoms. The lowest BCUT2D eigenvalue weighted by Crippen LogP contribution is -2.28. The van der Waals surface area contributed by atoms with Crippen LogP contribution < -0.4 is 10.6 Å². The lowest BCUT2D eigenvalue weighted by atomic mass is 10.4. The molecule has 0 spiro atoms. The van der Waals surface area contributed by atoms with Crippen LogP contribution in [0.25, 0.3) is 0 Å². The highest BCUT2D eigenvalue weighted by Crippen LogP contribution is 2.28. The first-order valence-electron chi connectivity index (χ1n) is 5.84. The van der Waals surface area contributed by atoms with E-state index in [1.54, 1.807) is 0 Å². The molecule has 0 fully saturated rings. The Morgan fingerprint density at radius 1 is 1.24 bits per heavy atom. The topological polar surface area (TPSA) is 87.2 Å². The van der Waals surface area contributed by atoms with Crippen molar-refractivity contribution in [3.8, 4) is 0 Å². The number of nitrogens with zero attached hydrogens (tertiary/aromatic N) is 3. The maximum atomic E-state index is 12.6. The van der Waals surface area contributed by atoms with Gasteiger partial charge in [-0.3, -0.25) is 0 Å². The van der Waals surface area contributed by atoms with E-state index in [1.807, 2.05) is 0 Å². The van der Waals surface area contributed by atoms with Gasteiger partial charge in [0.1, 0.15) is 11.6 Å². The third-order valence-electron chi connectivity index (χ3n) is 2.46. The number of anilines is 2. The van der Waals surface area contributed by atoms with E-state index in [-0.39, 0.29) is 23.9 Å². The van der Waals surface area contributed by atoms with E-state index in [0.29, 0.717) is 0 Å². The first kappa shape index (κ1) is 17.4. The van der Waals surface area contributed by atoms with Crippen molar-refractivity contribution in [3.05, 3.63) is 11.9 Å². The van der Waals surface area contributed by atoms with Crippen molar-refractivity contribution in [2.24, 2.45) is 0 Å². The average Bonchev–Trinajstić information content (AvgIpc) is 2.36. The van der Waals surface area contributed by atoms with Crippen LogP contribution in [0.1, 0.15) is 5.82 Å². The van der Waals surface area contributed by atoms with Gasteiger partial charge in [0.25, 0.3) is 0 Å². The Hall–Kier alpha value is -1.62. The van der Waals surface area contributed by atoms with Crippen molar-refractivity contribution in [3.63, 3.8) is 0 Å². The number of nitrogens with one attached hydrogen (secondary N) is 2. The van der Waals surface area contributed by atoms with Gasteiger partial charge < -0.3 is 10.6 Å². The lowest BCUT2D eigenvalue weighted by Gasteiger charge is -2.13. The predicted octanol–water partition coefficient (Wildman–Crippen LogP) is 0.840. The first-order valence-corrected chi connectivity index (χ1v) is 7.45. The molecule has 0 aliphatic heterocycles. The minimum atomic E-state index is -4.68. The molecule has 7 nitrogen and oxygen atoms in total. The van der Waals surface area contributed by atoms with E-state index >= 15 is 0 Å². The van der Waals surface area contributed by atoms with Gasteiger partial charge in [0.05, 0.1) is 5.75 Å². The molecule has 1 aromatic rings.